The number of carbonyl (C=O) groups excluding carboxylic acids is 3. The fourth-order valence-electron chi connectivity index (χ4n) is 9.11. The smallest absolute Gasteiger partial charge is 0.258 e. The molecule has 0 aliphatic rings. The van der Waals surface area contributed by atoms with Gasteiger partial charge in [0.05, 0.1) is 28.6 Å². The highest BCUT2D eigenvalue weighted by molar-refractivity contribution is 15.0. The topological polar surface area (TPSA) is 105 Å². The predicted octanol–water partition coefficient (Wildman–Crippen LogP) is 16.4. The quantitative estimate of drug-likeness (QED) is 0.0480. The summed E-state index contributed by atoms with van der Waals surface area (Å²) in [4.78, 5) is 39.1. The van der Waals surface area contributed by atoms with Crippen LogP contribution in [0.25, 0.3) is 44.8 Å². The predicted molar refractivity (Wildman–Crippen MR) is 317 cm³/mol. The highest BCUT2D eigenvalue weighted by Gasteiger charge is 2.32. The van der Waals surface area contributed by atoms with E-state index in [0.717, 1.165) is 62.4 Å². The average Bonchev–Trinajstić information content (AvgIpc) is 3.94. The zero-order chi connectivity index (χ0) is 52.4. The Bertz CT molecular complexity index is 3100. The first-order valence-corrected chi connectivity index (χ1v) is 30.3. The number of terminal acetylenes is 1. The second-order valence-corrected chi connectivity index (χ2v) is 17.8. The summed E-state index contributed by atoms with van der Waals surface area (Å²) in [6, 6.07) is 50.7. The first-order chi connectivity index (χ1) is 35.4. The van der Waals surface area contributed by atoms with Gasteiger partial charge in [0.25, 0.3) is 11.8 Å². The van der Waals surface area contributed by atoms with Crippen LogP contribution < -0.4 is 10.6 Å². The average molecular weight is 1220 g/mol. The molecule has 8 nitrogen and oxygen atoms in total. The molecule has 6 aromatic carbocycles. The number of aromatic nitrogens is 2. The Morgan fingerprint density at radius 1 is 0.581 bits per heavy atom. The lowest BCUT2D eigenvalue weighted by atomic mass is 9.94. The third-order valence-corrected chi connectivity index (χ3v) is 12.1. The van der Waals surface area contributed by atoms with Crippen molar-refractivity contribution >= 4 is 66.7 Å². The van der Waals surface area contributed by atoms with Crippen LogP contribution in [0.5, 0.6) is 0 Å². The Morgan fingerprint density at radius 2 is 0.932 bits per heavy atom. The van der Waals surface area contributed by atoms with E-state index in [0.29, 0.717) is 48.4 Å². The molecule has 2 heterocycles. The fourth-order valence-corrected chi connectivity index (χ4v) is 9.11. The van der Waals surface area contributed by atoms with Crippen LogP contribution in [-0.2, 0) is 17.9 Å². The van der Waals surface area contributed by atoms with Crippen LogP contribution in [0.3, 0.4) is 0 Å². The second kappa shape index (κ2) is 28.7. The van der Waals surface area contributed by atoms with Crippen molar-refractivity contribution in [2.24, 2.45) is 0 Å². The molecule has 3 N–H and O–H groups in total. The van der Waals surface area contributed by atoms with Crippen LogP contribution in [0.2, 0.25) is 0 Å². The lowest BCUT2D eigenvalue weighted by Crippen LogP contribution is -2.17. The molecule has 0 aliphatic heterocycles. The molecule has 0 fully saturated rings. The summed E-state index contributed by atoms with van der Waals surface area (Å²) in [7, 11) is 0. The molecule has 0 saturated carbocycles. The maximum absolute atomic E-state index is 14.0. The highest BCUT2D eigenvalue weighted by Crippen LogP contribution is 2.44. The van der Waals surface area contributed by atoms with Gasteiger partial charge in [-0.15, -0.1) is 12.3 Å². The molecule has 0 bridgehead atoms. The van der Waals surface area contributed by atoms with E-state index >= 15 is 0 Å². The number of aliphatic hydroxyl groups excluding tert-OH is 1. The van der Waals surface area contributed by atoms with Crippen LogP contribution in [-0.4, -0.2) is 38.4 Å². The van der Waals surface area contributed by atoms with Crippen LogP contribution in [0.15, 0.2) is 170 Å². The molecule has 382 valence electrons. The Balaban J connectivity index is 0.000000263. The Kier molecular flexibility index (Phi) is 22.6. The van der Waals surface area contributed by atoms with E-state index in [1.807, 2.05) is 149 Å². The number of aliphatic hydroxyl groups is 1. The van der Waals surface area contributed by atoms with Gasteiger partial charge in [0, 0.05) is 97.1 Å². The monoisotopic (exact) mass is 1220 g/mol. The largest absolute Gasteiger partial charge is 0.392 e. The van der Waals surface area contributed by atoms with Gasteiger partial charge in [-0.25, -0.2) is 8.78 Å². The third-order valence-electron chi connectivity index (χ3n) is 12.1. The van der Waals surface area contributed by atoms with Crippen molar-refractivity contribution in [2.45, 2.75) is 85.4 Å². The van der Waals surface area contributed by atoms with Crippen molar-refractivity contribution in [3.05, 3.63) is 204 Å². The number of hydrogen-bond donors (Lipinski definition) is 3. The van der Waals surface area contributed by atoms with E-state index in [-0.39, 0.29) is 49.1 Å². The first kappa shape index (κ1) is 58.2. The standard InChI is InChI=1S/C32H31FN2O2.C29H27FN2O2.CH4.I2/c1-4-11-27(36)20-21-35-30(22(2)3)29(32(37)34-26-14-9-6-10-15-26)28(23-12-7-5-8-13-23)31(35)24-16-18-25(33)19-17-24;1-20(2)27-26(29(34)31-24-12-7-4-8-13-24)25(21-10-5-3-6-11-21)28(32(27)18-9-19-33)22-14-16-23(30)17-15-22;;1-2/h1,5-10,12-19,22,27,36H,11,20-21H2,2-3H3,(H,34,37);3-8,10-17,19-20H,9,18H2,1-2H3,(H,31,34);1H4;. The number of hydrogen-bond acceptors (Lipinski definition) is 4. The summed E-state index contributed by atoms with van der Waals surface area (Å²) in [5.41, 5.74) is 10.7. The summed E-state index contributed by atoms with van der Waals surface area (Å²) in [5.74, 6) is 1.39. The van der Waals surface area contributed by atoms with Crippen LogP contribution >= 0.6 is 37.2 Å². The number of carbonyl (C=O) groups is 3. The van der Waals surface area contributed by atoms with Crippen molar-refractivity contribution in [3.8, 4) is 57.1 Å². The van der Waals surface area contributed by atoms with E-state index in [4.69, 9.17) is 6.42 Å². The molecular weight excluding hydrogens is 1160 g/mol. The molecule has 1 atom stereocenters. The Labute approximate surface area is 458 Å². The highest BCUT2D eigenvalue weighted by atomic mass is 128. The molecule has 0 radical (unpaired) electrons. The number of amides is 2. The van der Waals surface area contributed by atoms with Crippen molar-refractivity contribution in [3.63, 3.8) is 0 Å². The van der Waals surface area contributed by atoms with Gasteiger partial charge in [0.2, 0.25) is 0 Å². The third kappa shape index (κ3) is 14.3. The Hall–Kier alpha value is -6.67. The number of nitrogens with zero attached hydrogens (tertiary/aromatic N) is 2. The molecule has 2 amide bonds. The number of benzene rings is 6. The van der Waals surface area contributed by atoms with Crippen LogP contribution in [0.4, 0.5) is 20.2 Å². The number of para-hydroxylation sites is 2. The van der Waals surface area contributed by atoms with Gasteiger partial charge in [0.1, 0.15) is 17.9 Å². The molecule has 0 spiro atoms. The van der Waals surface area contributed by atoms with Gasteiger partial charge in [0.15, 0.2) is 0 Å². The van der Waals surface area contributed by atoms with E-state index in [9.17, 15) is 28.3 Å². The van der Waals surface area contributed by atoms with E-state index < -0.39 is 6.10 Å². The maximum atomic E-state index is 14.0. The molecule has 12 heteroatoms. The van der Waals surface area contributed by atoms with E-state index in [1.54, 1.807) is 24.3 Å². The molecular formula is C62H62F2I2N4O4. The molecule has 8 rings (SSSR count). The number of anilines is 2. The van der Waals surface area contributed by atoms with Crippen molar-refractivity contribution in [2.75, 3.05) is 10.6 Å². The van der Waals surface area contributed by atoms with Crippen LogP contribution in [0.1, 0.15) is 98.3 Å². The zero-order valence-electron chi connectivity index (χ0n) is 41.2. The van der Waals surface area contributed by atoms with Crippen molar-refractivity contribution in [1.82, 2.24) is 9.13 Å². The molecule has 2 aromatic heterocycles. The summed E-state index contributed by atoms with van der Waals surface area (Å²) in [6.07, 6.45) is 6.60. The number of halogens is 4. The van der Waals surface area contributed by atoms with E-state index in [2.05, 4.69) is 62.9 Å². The van der Waals surface area contributed by atoms with Gasteiger partial charge >= 0.3 is 0 Å². The first-order valence-electron chi connectivity index (χ1n) is 24.0. The summed E-state index contributed by atoms with van der Waals surface area (Å²) >= 11 is 4.24. The maximum Gasteiger partial charge on any atom is 0.258 e. The summed E-state index contributed by atoms with van der Waals surface area (Å²) < 4.78 is 31.9. The zero-order valence-corrected chi connectivity index (χ0v) is 45.5. The van der Waals surface area contributed by atoms with Gasteiger partial charge in [-0.05, 0) is 113 Å². The molecule has 0 aliphatic carbocycles. The Morgan fingerprint density at radius 3 is 1.27 bits per heavy atom. The lowest BCUT2D eigenvalue weighted by molar-refractivity contribution is -0.108. The second-order valence-electron chi connectivity index (χ2n) is 17.8. The van der Waals surface area contributed by atoms with E-state index in [1.165, 1.54) is 24.3 Å². The van der Waals surface area contributed by atoms with Crippen LogP contribution in [0, 0.1) is 24.0 Å². The van der Waals surface area contributed by atoms with Crippen molar-refractivity contribution in [1.29, 1.82) is 0 Å². The SMILES string of the molecule is C.C#CCC(O)CCn1c(-c2ccc(F)cc2)c(-c2ccccc2)c(C(=O)Nc2ccccc2)c1C(C)C.CC(C)c1c(C(=O)Nc2ccccc2)c(-c2ccccc2)c(-c2ccc(F)cc2)n1CCC=O.II. The number of nitrogens with one attached hydrogen (secondary N) is 2. The number of rotatable bonds is 17. The minimum absolute atomic E-state index is 0. The van der Waals surface area contributed by atoms with Gasteiger partial charge < -0.3 is 29.7 Å². The summed E-state index contributed by atoms with van der Waals surface area (Å²) in [5, 5.41) is 16.6. The fraction of sp³-hybridized carbons (Fsp3) is 0.210. The van der Waals surface area contributed by atoms with Crippen molar-refractivity contribution < 1.29 is 28.3 Å². The van der Waals surface area contributed by atoms with Gasteiger partial charge in [-0.2, -0.15) is 0 Å². The molecule has 1 unspecified atom stereocenters. The molecule has 8 aromatic rings. The molecule has 0 saturated heterocycles. The normalized spacial score (nSPS) is 11.0. The minimum Gasteiger partial charge on any atom is -0.392 e. The number of aldehydes is 1. The van der Waals surface area contributed by atoms with Gasteiger partial charge in [-0.1, -0.05) is 132 Å². The summed E-state index contributed by atoms with van der Waals surface area (Å²) in [6.45, 7) is 9.03. The lowest BCUT2D eigenvalue weighted by Gasteiger charge is -2.18. The minimum atomic E-state index is -0.671. The molecule has 74 heavy (non-hydrogen) atoms. The van der Waals surface area contributed by atoms with Gasteiger partial charge in [-0.3, -0.25) is 9.59 Å².